The zero-order valence-corrected chi connectivity index (χ0v) is 21.8. The van der Waals surface area contributed by atoms with E-state index in [0.717, 1.165) is 19.5 Å². The highest BCUT2D eigenvalue weighted by Crippen LogP contribution is 2.53. The molecule has 0 aromatic rings. The Morgan fingerprint density at radius 2 is 2.00 bits per heavy atom. The molecule has 0 aromatic heterocycles. The van der Waals surface area contributed by atoms with Crippen molar-refractivity contribution in [3.8, 4) is 0 Å². The fraction of sp³-hybridized carbons (Fsp3) is 0.760. The van der Waals surface area contributed by atoms with E-state index in [1.54, 1.807) is 0 Å². The molecule has 5 aliphatic rings. The number of aliphatic carboxylic acids is 1. The Kier molecular flexibility index (Phi) is 7.19. The van der Waals surface area contributed by atoms with Gasteiger partial charge in [-0.15, -0.1) is 11.8 Å². The maximum atomic E-state index is 13.1. The lowest BCUT2D eigenvalue weighted by atomic mass is 9.73. The van der Waals surface area contributed by atoms with Crippen LogP contribution in [0.1, 0.15) is 39.5 Å². The number of hydrogen-bond donors (Lipinski definition) is 4. The summed E-state index contributed by atoms with van der Waals surface area (Å²) in [6.07, 6.45) is 2.32. The largest absolute Gasteiger partial charge is 0.477 e. The van der Waals surface area contributed by atoms with E-state index in [1.165, 1.54) is 16.7 Å². The molecule has 5 N–H and O–H groups in total. The number of nitrogens with two attached hydrogens (primary N) is 1. The summed E-state index contributed by atoms with van der Waals surface area (Å²) < 4.78 is 0. The van der Waals surface area contributed by atoms with Crippen molar-refractivity contribution in [2.45, 2.75) is 62.9 Å². The van der Waals surface area contributed by atoms with Crippen molar-refractivity contribution in [3.05, 3.63) is 10.6 Å². The maximum absolute atomic E-state index is 13.1. The van der Waals surface area contributed by atoms with Crippen molar-refractivity contribution in [3.63, 3.8) is 0 Å². The van der Waals surface area contributed by atoms with Gasteiger partial charge in [0.15, 0.2) is 0 Å². The molecule has 0 aromatic carbocycles. The van der Waals surface area contributed by atoms with Crippen molar-refractivity contribution in [1.82, 2.24) is 20.4 Å². The van der Waals surface area contributed by atoms with Crippen LogP contribution in [0, 0.1) is 23.7 Å². The van der Waals surface area contributed by atoms with Crippen molar-refractivity contribution in [2.24, 2.45) is 29.4 Å². The molecule has 36 heavy (non-hydrogen) atoms. The Hall–Kier alpha value is -1.95. The average Bonchev–Trinajstić information content (AvgIpc) is 3.49. The van der Waals surface area contributed by atoms with E-state index < -0.39 is 5.97 Å². The number of ketones is 1. The van der Waals surface area contributed by atoms with Crippen molar-refractivity contribution in [2.75, 3.05) is 32.7 Å². The molecular formula is C25H37N5O5S. The van der Waals surface area contributed by atoms with Crippen LogP contribution in [0.15, 0.2) is 10.6 Å². The van der Waals surface area contributed by atoms with Crippen molar-refractivity contribution < 1.29 is 24.3 Å². The smallest absolute Gasteiger partial charge is 0.353 e. The third-order valence-corrected chi connectivity index (χ3v) is 10.1. The van der Waals surface area contributed by atoms with Gasteiger partial charge < -0.3 is 31.3 Å². The Morgan fingerprint density at radius 3 is 2.61 bits per heavy atom. The molecule has 198 valence electrons. The van der Waals surface area contributed by atoms with E-state index in [1.807, 2.05) is 18.7 Å². The van der Waals surface area contributed by atoms with Gasteiger partial charge in [-0.2, -0.15) is 0 Å². The molecule has 5 rings (SSSR count). The first-order valence-electron chi connectivity index (χ1n) is 13.1. The number of fused-ring (bicyclic) bond motifs is 1. The molecule has 5 aliphatic heterocycles. The van der Waals surface area contributed by atoms with Gasteiger partial charge in [-0.3, -0.25) is 14.4 Å². The lowest BCUT2D eigenvalue weighted by Crippen LogP contribution is -2.62. The summed E-state index contributed by atoms with van der Waals surface area (Å²) in [7, 11) is 0. The van der Waals surface area contributed by atoms with E-state index in [2.05, 4.69) is 10.6 Å². The molecular weight excluding hydrogens is 482 g/mol. The molecule has 10 nitrogen and oxygen atoms in total. The summed E-state index contributed by atoms with van der Waals surface area (Å²) in [5.41, 5.74) is 6.04. The Labute approximate surface area is 215 Å². The normalized spacial score (nSPS) is 35.0. The number of thioether (sulfide) groups is 1. The minimum atomic E-state index is -1.09. The SMILES string of the molecule is C[C@@H](CC(=O)CC1CNC1)[C@H]1C(=O)N2C(C(=O)O)=C(S[C@@H]3CN[C@H](C(=O)N4CC[C@@H](N)C4)C3)[C@H](C)[C@H]12. The number of carbonyl (C=O) groups excluding carboxylic acids is 3. The van der Waals surface area contributed by atoms with E-state index in [0.29, 0.717) is 49.7 Å². The van der Waals surface area contributed by atoms with Gasteiger partial charge in [0.05, 0.1) is 18.0 Å². The molecule has 5 heterocycles. The van der Waals surface area contributed by atoms with Crippen LogP contribution in [0.5, 0.6) is 0 Å². The standard InChI is InChI=1S/C25H37N5O5S/c1-12(5-16(31)6-14-8-27-9-14)19-20-13(2)22(21(25(34)35)30(20)24(19)33)36-17-7-18(28-10-17)23(32)29-4-3-15(26)11-29/h12-15,17-20,27-28H,3-11,26H2,1-2H3,(H,34,35)/t12-,13+,15+,17-,18-,19+,20+/m0/s1. The summed E-state index contributed by atoms with van der Waals surface area (Å²) in [6.45, 7) is 7.54. The van der Waals surface area contributed by atoms with Gasteiger partial charge in [-0.25, -0.2) is 4.79 Å². The summed E-state index contributed by atoms with van der Waals surface area (Å²) in [6, 6.07) is -0.482. The third-order valence-electron chi connectivity index (χ3n) is 8.56. The average molecular weight is 520 g/mol. The summed E-state index contributed by atoms with van der Waals surface area (Å²) in [4.78, 5) is 54.8. The third kappa shape index (κ3) is 4.59. The van der Waals surface area contributed by atoms with E-state index in [9.17, 15) is 24.3 Å². The lowest BCUT2D eigenvalue weighted by Gasteiger charge is -2.47. The number of nitrogens with zero attached hydrogens (tertiary/aromatic N) is 2. The van der Waals surface area contributed by atoms with E-state index in [-0.39, 0.29) is 64.4 Å². The lowest BCUT2D eigenvalue weighted by molar-refractivity contribution is -0.160. The van der Waals surface area contributed by atoms with Crippen LogP contribution in [0.3, 0.4) is 0 Å². The zero-order valence-electron chi connectivity index (χ0n) is 20.9. The predicted molar refractivity (Wildman–Crippen MR) is 135 cm³/mol. The Bertz CT molecular complexity index is 984. The molecule has 0 spiro atoms. The number of amides is 2. The quantitative estimate of drug-likeness (QED) is 0.309. The number of likely N-dealkylation sites (tertiary alicyclic amines) is 1. The first kappa shape index (κ1) is 25.7. The highest BCUT2D eigenvalue weighted by atomic mass is 32.2. The Balaban J connectivity index is 1.23. The van der Waals surface area contributed by atoms with E-state index in [4.69, 9.17) is 5.73 Å². The topological polar surface area (TPSA) is 145 Å². The van der Waals surface area contributed by atoms with Crippen LogP contribution in [-0.2, 0) is 19.2 Å². The van der Waals surface area contributed by atoms with Gasteiger partial charge in [-0.05, 0) is 37.8 Å². The first-order valence-corrected chi connectivity index (χ1v) is 14.0. The number of nitrogens with one attached hydrogen (secondary N) is 2. The molecule has 4 saturated heterocycles. The number of rotatable bonds is 9. The number of hydrogen-bond acceptors (Lipinski definition) is 8. The molecule has 7 atom stereocenters. The van der Waals surface area contributed by atoms with Gasteiger partial charge in [-0.1, -0.05) is 13.8 Å². The van der Waals surface area contributed by atoms with Gasteiger partial charge in [0.1, 0.15) is 11.5 Å². The molecule has 0 radical (unpaired) electrons. The fourth-order valence-corrected chi connectivity index (χ4v) is 8.00. The molecule has 11 heteroatoms. The van der Waals surface area contributed by atoms with Crippen molar-refractivity contribution in [1.29, 1.82) is 0 Å². The van der Waals surface area contributed by atoms with Crippen LogP contribution < -0.4 is 16.4 Å². The number of β-lactam (4-membered cyclic amide) rings is 1. The zero-order chi connectivity index (χ0) is 25.7. The van der Waals surface area contributed by atoms with Crippen LogP contribution in [0.4, 0.5) is 0 Å². The highest BCUT2D eigenvalue weighted by molar-refractivity contribution is 8.03. The monoisotopic (exact) mass is 519 g/mol. The van der Waals surface area contributed by atoms with Crippen LogP contribution >= 0.6 is 11.8 Å². The predicted octanol–water partition coefficient (Wildman–Crippen LogP) is -0.0126. The second kappa shape index (κ2) is 10.1. The summed E-state index contributed by atoms with van der Waals surface area (Å²) in [5.74, 6) is -1.23. The van der Waals surface area contributed by atoms with Gasteiger partial charge in [0.2, 0.25) is 11.8 Å². The molecule has 0 saturated carbocycles. The molecule has 2 amide bonds. The maximum Gasteiger partial charge on any atom is 0.353 e. The Morgan fingerprint density at radius 1 is 1.25 bits per heavy atom. The number of carboxylic acid groups (broad SMARTS) is 1. The van der Waals surface area contributed by atoms with Crippen LogP contribution in [0.25, 0.3) is 0 Å². The molecule has 4 fully saturated rings. The van der Waals surface area contributed by atoms with E-state index >= 15 is 0 Å². The number of carboxylic acids is 1. The van der Waals surface area contributed by atoms with Gasteiger partial charge in [0.25, 0.3) is 0 Å². The number of Topliss-reactive ketones (excluding diaryl/α,β-unsaturated/α-hetero) is 1. The van der Waals surface area contributed by atoms with Gasteiger partial charge in [0, 0.05) is 54.6 Å². The summed E-state index contributed by atoms with van der Waals surface area (Å²) in [5, 5.41) is 16.5. The van der Waals surface area contributed by atoms with Gasteiger partial charge >= 0.3 is 5.97 Å². The minimum Gasteiger partial charge on any atom is -0.477 e. The second-order valence-electron chi connectivity index (χ2n) is 11.2. The number of carbonyl (C=O) groups is 4. The highest BCUT2D eigenvalue weighted by Gasteiger charge is 2.60. The summed E-state index contributed by atoms with van der Waals surface area (Å²) >= 11 is 1.49. The fourth-order valence-electron chi connectivity index (χ4n) is 6.52. The molecule has 0 bridgehead atoms. The minimum absolute atomic E-state index is 0.0334. The molecule has 0 unspecified atom stereocenters. The van der Waals surface area contributed by atoms with Crippen LogP contribution in [-0.4, -0.2) is 94.6 Å². The van der Waals surface area contributed by atoms with Crippen LogP contribution in [0.2, 0.25) is 0 Å². The molecule has 0 aliphatic carbocycles. The van der Waals surface area contributed by atoms with Crippen molar-refractivity contribution >= 4 is 35.3 Å². The first-order chi connectivity index (χ1) is 17.2. The second-order valence-corrected chi connectivity index (χ2v) is 12.6.